The molecule has 0 heterocycles. The summed E-state index contributed by atoms with van der Waals surface area (Å²) in [6.45, 7) is 3.17. The van der Waals surface area contributed by atoms with Crippen molar-refractivity contribution >= 4 is 23.5 Å². The van der Waals surface area contributed by atoms with Crippen LogP contribution in [0.5, 0.6) is 0 Å². The summed E-state index contributed by atoms with van der Waals surface area (Å²) in [5, 5.41) is 15.8. The van der Waals surface area contributed by atoms with Gasteiger partial charge in [0.05, 0.1) is 4.92 Å². The number of nitrogens with zero attached hydrogens (tertiary/aromatic N) is 1. The number of esters is 1. The van der Waals surface area contributed by atoms with Crippen LogP contribution in [0.3, 0.4) is 0 Å². The molecule has 152 valence electrons. The van der Waals surface area contributed by atoms with Gasteiger partial charge in [0, 0.05) is 24.2 Å². The molecular weight excluding hydrogens is 378 g/mol. The maximum atomic E-state index is 12.1. The van der Waals surface area contributed by atoms with Gasteiger partial charge in [-0.15, -0.1) is 0 Å². The van der Waals surface area contributed by atoms with E-state index in [0.29, 0.717) is 6.54 Å². The van der Waals surface area contributed by atoms with Crippen molar-refractivity contribution in [3.05, 3.63) is 75.3 Å². The molecule has 2 rings (SSSR count). The molecule has 2 N–H and O–H groups in total. The number of benzene rings is 2. The summed E-state index contributed by atoms with van der Waals surface area (Å²) in [5.41, 5.74) is 1.82. The lowest BCUT2D eigenvalue weighted by molar-refractivity contribution is -0.384. The number of ether oxygens (including phenoxy) is 1. The Morgan fingerprint density at radius 2 is 1.83 bits per heavy atom. The first-order valence-electron chi connectivity index (χ1n) is 8.80. The minimum Gasteiger partial charge on any atom is -0.454 e. The largest absolute Gasteiger partial charge is 0.454 e. The molecule has 0 bridgehead atoms. The third-order valence-electron chi connectivity index (χ3n) is 3.98. The Morgan fingerprint density at radius 3 is 2.48 bits per heavy atom. The van der Waals surface area contributed by atoms with Crippen LogP contribution in [0.4, 0.5) is 5.69 Å². The number of aryl methyl sites for hydroxylation is 1. The van der Waals surface area contributed by atoms with Crippen molar-refractivity contribution < 1.29 is 24.0 Å². The SMILES string of the molecule is Cc1ccc(CNC(=O)COC(=O)C(C)NC(=O)c2cccc([N+](=O)[O-])c2)cc1. The Kier molecular flexibility index (Phi) is 7.41. The average molecular weight is 399 g/mol. The van der Waals surface area contributed by atoms with Crippen LogP contribution in [-0.4, -0.2) is 35.4 Å². The van der Waals surface area contributed by atoms with Crippen LogP contribution in [-0.2, 0) is 20.9 Å². The van der Waals surface area contributed by atoms with Gasteiger partial charge in [-0.1, -0.05) is 35.9 Å². The van der Waals surface area contributed by atoms with Gasteiger partial charge >= 0.3 is 5.97 Å². The second-order valence-corrected chi connectivity index (χ2v) is 6.37. The molecule has 0 aliphatic rings. The normalized spacial score (nSPS) is 11.2. The number of carbonyl (C=O) groups is 3. The Balaban J connectivity index is 1.78. The number of non-ortho nitro benzene ring substituents is 1. The van der Waals surface area contributed by atoms with Crippen LogP contribution in [0.15, 0.2) is 48.5 Å². The topological polar surface area (TPSA) is 128 Å². The lowest BCUT2D eigenvalue weighted by Gasteiger charge is -2.13. The number of nitrogens with one attached hydrogen (secondary N) is 2. The smallest absolute Gasteiger partial charge is 0.328 e. The van der Waals surface area contributed by atoms with Crippen LogP contribution in [0.1, 0.15) is 28.4 Å². The summed E-state index contributed by atoms with van der Waals surface area (Å²) in [6, 6.07) is 11.7. The van der Waals surface area contributed by atoms with Gasteiger partial charge in [-0.25, -0.2) is 4.79 Å². The highest BCUT2D eigenvalue weighted by Crippen LogP contribution is 2.13. The quantitative estimate of drug-likeness (QED) is 0.396. The summed E-state index contributed by atoms with van der Waals surface area (Å²) in [7, 11) is 0. The number of rotatable bonds is 8. The zero-order valence-corrected chi connectivity index (χ0v) is 16.0. The minimum atomic E-state index is -1.04. The molecule has 1 unspecified atom stereocenters. The maximum Gasteiger partial charge on any atom is 0.328 e. The number of nitro benzene ring substituents is 1. The van der Waals surface area contributed by atoms with Crippen molar-refractivity contribution in [3.8, 4) is 0 Å². The molecule has 2 aromatic rings. The third-order valence-corrected chi connectivity index (χ3v) is 3.98. The van der Waals surface area contributed by atoms with Gasteiger partial charge in [-0.05, 0) is 25.5 Å². The fourth-order valence-corrected chi connectivity index (χ4v) is 2.32. The van der Waals surface area contributed by atoms with Crippen molar-refractivity contribution in [2.24, 2.45) is 0 Å². The van der Waals surface area contributed by atoms with E-state index >= 15 is 0 Å². The van der Waals surface area contributed by atoms with Crippen molar-refractivity contribution in [2.45, 2.75) is 26.4 Å². The molecule has 0 saturated carbocycles. The van der Waals surface area contributed by atoms with Gasteiger partial charge in [-0.3, -0.25) is 19.7 Å². The second kappa shape index (κ2) is 9.98. The highest BCUT2D eigenvalue weighted by atomic mass is 16.6. The highest BCUT2D eigenvalue weighted by molar-refractivity contribution is 5.97. The predicted molar refractivity (Wildman–Crippen MR) is 104 cm³/mol. The fourth-order valence-electron chi connectivity index (χ4n) is 2.32. The first-order valence-corrected chi connectivity index (χ1v) is 8.80. The monoisotopic (exact) mass is 399 g/mol. The molecule has 0 saturated heterocycles. The van der Waals surface area contributed by atoms with Crippen LogP contribution in [0.2, 0.25) is 0 Å². The second-order valence-electron chi connectivity index (χ2n) is 6.37. The van der Waals surface area contributed by atoms with Gasteiger partial charge in [0.1, 0.15) is 6.04 Å². The molecule has 0 aromatic heterocycles. The molecule has 0 fully saturated rings. The molecule has 0 radical (unpaired) electrons. The van der Waals surface area contributed by atoms with Gasteiger partial charge in [-0.2, -0.15) is 0 Å². The summed E-state index contributed by atoms with van der Waals surface area (Å²) in [6.07, 6.45) is 0. The summed E-state index contributed by atoms with van der Waals surface area (Å²) < 4.78 is 4.90. The molecule has 2 aromatic carbocycles. The third kappa shape index (κ3) is 6.73. The van der Waals surface area contributed by atoms with E-state index in [1.807, 2.05) is 31.2 Å². The fraction of sp³-hybridized carbons (Fsp3) is 0.250. The van der Waals surface area contributed by atoms with E-state index in [1.165, 1.54) is 25.1 Å². The lowest BCUT2D eigenvalue weighted by Crippen LogP contribution is -2.41. The Hall–Kier alpha value is -3.75. The van der Waals surface area contributed by atoms with E-state index in [1.54, 1.807) is 0 Å². The lowest BCUT2D eigenvalue weighted by atomic mass is 10.1. The van der Waals surface area contributed by atoms with Crippen molar-refractivity contribution in [1.82, 2.24) is 10.6 Å². The molecule has 9 nitrogen and oxygen atoms in total. The van der Waals surface area contributed by atoms with Crippen molar-refractivity contribution in [3.63, 3.8) is 0 Å². The number of amides is 2. The first-order chi connectivity index (χ1) is 13.8. The molecule has 1 atom stereocenters. The Labute approximate surface area is 167 Å². The van der Waals surface area contributed by atoms with Crippen molar-refractivity contribution in [1.29, 1.82) is 0 Å². The maximum absolute atomic E-state index is 12.1. The van der Waals surface area contributed by atoms with Crippen molar-refractivity contribution in [2.75, 3.05) is 6.61 Å². The zero-order chi connectivity index (χ0) is 21.4. The van der Waals surface area contributed by atoms with Crippen LogP contribution in [0.25, 0.3) is 0 Å². The number of hydrogen-bond acceptors (Lipinski definition) is 6. The van der Waals surface area contributed by atoms with Gasteiger partial charge < -0.3 is 15.4 Å². The van der Waals surface area contributed by atoms with Gasteiger partial charge in [0.2, 0.25) is 0 Å². The molecule has 0 spiro atoms. The van der Waals surface area contributed by atoms with Crippen LogP contribution >= 0.6 is 0 Å². The molecule has 0 aliphatic heterocycles. The van der Waals surface area contributed by atoms with E-state index in [-0.39, 0.29) is 11.3 Å². The van der Waals surface area contributed by atoms with Crippen LogP contribution in [0, 0.1) is 17.0 Å². The van der Waals surface area contributed by atoms with E-state index in [9.17, 15) is 24.5 Å². The van der Waals surface area contributed by atoms with Crippen LogP contribution < -0.4 is 10.6 Å². The Morgan fingerprint density at radius 1 is 1.14 bits per heavy atom. The molecule has 29 heavy (non-hydrogen) atoms. The van der Waals surface area contributed by atoms with E-state index in [4.69, 9.17) is 4.74 Å². The standard InChI is InChI=1S/C20H21N3O6/c1-13-6-8-15(9-7-13)11-21-18(24)12-29-20(26)14(2)22-19(25)16-4-3-5-17(10-16)23(27)28/h3-10,14H,11-12H2,1-2H3,(H,21,24)(H,22,25). The molecule has 2 amide bonds. The van der Waals surface area contributed by atoms with E-state index in [2.05, 4.69) is 10.6 Å². The van der Waals surface area contributed by atoms with Gasteiger partial charge in [0.15, 0.2) is 6.61 Å². The minimum absolute atomic E-state index is 0.0368. The number of nitro groups is 1. The number of carbonyl (C=O) groups excluding carboxylic acids is 3. The van der Waals surface area contributed by atoms with E-state index in [0.717, 1.165) is 17.2 Å². The zero-order valence-electron chi connectivity index (χ0n) is 16.0. The summed E-state index contributed by atoms with van der Waals surface area (Å²) in [5.74, 6) is -1.94. The first kappa shape index (κ1) is 21.5. The van der Waals surface area contributed by atoms with E-state index < -0.39 is 35.4 Å². The molecule has 9 heteroatoms. The Bertz CT molecular complexity index is 911. The molecular formula is C20H21N3O6. The molecule has 0 aliphatic carbocycles. The summed E-state index contributed by atoms with van der Waals surface area (Å²) >= 11 is 0. The predicted octanol–water partition coefficient (Wildman–Crippen LogP) is 1.88. The van der Waals surface area contributed by atoms with Gasteiger partial charge in [0.25, 0.3) is 17.5 Å². The summed E-state index contributed by atoms with van der Waals surface area (Å²) in [4.78, 5) is 46.1. The average Bonchev–Trinajstić information content (AvgIpc) is 2.71. The highest BCUT2D eigenvalue weighted by Gasteiger charge is 2.20. The number of hydrogen-bond donors (Lipinski definition) is 2.